The van der Waals surface area contributed by atoms with Gasteiger partial charge in [0.15, 0.2) is 0 Å². The number of hydrogen-bond acceptors (Lipinski definition) is 4. The third kappa shape index (κ3) is 8.83. The zero-order valence-electron chi connectivity index (χ0n) is 29.0. The maximum Gasteiger partial charge on any atom is 0.337 e. The minimum atomic E-state index is -0.444. The Bertz CT molecular complexity index is 1790. The lowest BCUT2D eigenvalue weighted by Crippen LogP contribution is -2.10. The van der Waals surface area contributed by atoms with E-state index >= 15 is 0 Å². The van der Waals surface area contributed by atoms with Gasteiger partial charge in [0.05, 0.1) is 26.4 Å². The molecule has 0 amide bonds. The molecular weight excluding hydrogens is 594 g/mol. The summed E-state index contributed by atoms with van der Waals surface area (Å²) in [6.07, 6.45) is 0. The van der Waals surface area contributed by atoms with Gasteiger partial charge in [0.25, 0.3) is 0 Å². The minimum Gasteiger partial charge on any atom is -0.497 e. The van der Waals surface area contributed by atoms with Gasteiger partial charge < -0.3 is 14.6 Å². The first kappa shape index (κ1) is 36.9. The lowest BCUT2D eigenvalue weighted by Gasteiger charge is -2.25. The van der Waals surface area contributed by atoms with Crippen molar-refractivity contribution in [1.29, 1.82) is 0 Å². The Kier molecular flexibility index (Phi) is 11.7. The average molecular weight is 641 g/mol. The molecule has 248 valence electrons. The summed E-state index contributed by atoms with van der Waals surface area (Å²) in [5.74, 6) is -0.499. The largest absolute Gasteiger partial charge is 0.497 e. The highest BCUT2D eigenvalue weighted by Crippen LogP contribution is 2.41. The van der Waals surface area contributed by atoms with E-state index < -0.39 is 5.97 Å². The normalized spacial score (nSPS) is 11.3. The molecule has 0 saturated carbocycles. The second-order valence-electron chi connectivity index (χ2n) is 13.6. The Hall–Kier alpha value is -4.55. The number of ether oxygens (including phenoxy) is 2. The van der Waals surface area contributed by atoms with Crippen LogP contribution in [-0.4, -0.2) is 25.3 Å². The molecule has 0 aromatic heterocycles. The highest BCUT2D eigenvalue weighted by molar-refractivity contribution is 5.93. The number of carbonyl (C=O) groups excluding carboxylic acids is 1. The quantitative estimate of drug-likeness (QED) is 0.204. The molecule has 0 spiro atoms. The molecule has 1 N–H and O–H groups in total. The van der Waals surface area contributed by atoms with Crippen molar-refractivity contribution in [3.63, 3.8) is 0 Å². The topological polar surface area (TPSA) is 55.8 Å². The molecule has 4 nitrogen and oxygen atoms in total. The Morgan fingerprint density at radius 3 is 1.72 bits per heavy atom. The van der Waals surface area contributed by atoms with E-state index in [1.165, 1.54) is 26.4 Å². The van der Waals surface area contributed by atoms with Crippen molar-refractivity contribution in [3.05, 3.63) is 125 Å². The van der Waals surface area contributed by atoms with Crippen molar-refractivity contribution in [3.8, 4) is 28.0 Å². The van der Waals surface area contributed by atoms with Gasteiger partial charge in [0, 0.05) is 11.1 Å². The van der Waals surface area contributed by atoms with Crippen LogP contribution in [0.25, 0.3) is 33.4 Å². The first-order chi connectivity index (χ1) is 21.9. The van der Waals surface area contributed by atoms with Crippen LogP contribution >= 0.6 is 0 Å². The molecule has 0 aliphatic carbocycles. The van der Waals surface area contributed by atoms with E-state index in [1.807, 2.05) is 52.0 Å². The van der Waals surface area contributed by atoms with Crippen LogP contribution < -0.4 is 4.74 Å². The predicted molar refractivity (Wildman–Crippen MR) is 189 cm³/mol. The van der Waals surface area contributed by atoms with Gasteiger partial charge in [-0.25, -0.2) is 13.6 Å². The zero-order chi connectivity index (χ0) is 35.3. The first-order valence-corrected chi connectivity index (χ1v) is 15.4. The summed E-state index contributed by atoms with van der Waals surface area (Å²) in [5.41, 5.74) is 7.60. The number of allylic oxidation sites excluding steroid dienone is 2. The van der Waals surface area contributed by atoms with Gasteiger partial charge in [0.1, 0.15) is 17.4 Å². The Balaban J connectivity index is 0.000000257. The Labute approximate surface area is 278 Å². The van der Waals surface area contributed by atoms with Crippen LogP contribution in [0.15, 0.2) is 86.0 Å². The molecular formula is C41H46F2O4. The van der Waals surface area contributed by atoms with Crippen LogP contribution in [0.1, 0.15) is 74.2 Å². The van der Waals surface area contributed by atoms with Crippen LogP contribution in [-0.2, 0) is 11.3 Å². The molecule has 6 heteroatoms. The van der Waals surface area contributed by atoms with Crippen molar-refractivity contribution < 1.29 is 28.2 Å². The summed E-state index contributed by atoms with van der Waals surface area (Å²) in [6, 6.07) is 20.3. The van der Waals surface area contributed by atoms with Crippen molar-refractivity contribution in [2.45, 2.75) is 55.1 Å². The molecule has 47 heavy (non-hydrogen) atoms. The Morgan fingerprint density at radius 2 is 1.21 bits per heavy atom. The summed E-state index contributed by atoms with van der Waals surface area (Å²) in [4.78, 5) is 11.9. The van der Waals surface area contributed by atoms with E-state index in [0.29, 0.717) is 33.6 Å². The molecule has 0 unspecified atom stereocenters. The van der Waals surface area contributed by atoms with Gasteiger partial charge in [-0.15, -0.1) is 0 Å². The molecule has 0 atom stereocenters. The van der Waals surface area contributed by atoms with E-state index in [1.54, 1.807) is 36.4 Å². The summed E-state index contributed by atoms with van der Waals surface area (Å²) >= 11 is 0. The fourth-order valence-electron chi connectivity index (χ4n) is 4.94. The predicted octanol–water partition coefficient (Wildman–Crippen LogP) is 10.7. The summed E-state index contributed by atoms with van der Waals surface area (Å²) in [6.45, 7) is 22.6. The van der Waals surface area contributed by atoms with E-state index in [2.05, 4.69) is 33.9 Å². The molecule has 0 fully saturated rings. The molecule has 4 aromatic carbocycles. The van der Waals surface area contributed by atoms with Crippen LogP contribution in [0.4, 0.5) is 8.78 Å². The summed E-state index contributed by atoms with van der Waals surface area (Å²) in [7, 11) is 2.86. The second-order valence-corrected chi connectivity index (χ2v) is 13.6. The fourth-order valence-corrected chi connectivity index (χ4v) is 4.94. The van der Waals surface area contributed by atoms with Gasteiger partial charge in [-0.05, 0) is 105 Å². The van der Waals surface area contributed by atoms with E-state index in [0.717, 1.165) is 33.4 Å². The summed E-state index contributed by atoms with van der Waals surface area (Å²) in [5, 5.41) is 9.40. The second kappa shape index (κ2) is 14.9. The summed E-state index contributed by atoms with van der Waals surface area (Å²) < 4.78 is 38.8. The van der Waals surface area contributed by atoms with Crippen LogP contribution in [0.3, 0.4) is 0 Å². The van der Waals surface area contributed by atoms with Gasteiger partial charge in [0.2, 0.25) is 0 Å². The third-order valence-electron chi connectivity index (χ3n) is 8.04. The minimum absolute atomic E-state index is 0.0407. The molecule has 0 bridgehead atoms. The number of rotatable bonds is 7. The molecule has 4 aromatic rings. The first-order valence-electron chi connectivity index (χ1n) is 15.4. The van der Waals surface area contributed by atoms with Crippen LogP contribution in [0, 0.1) is 29.4 Å². The number of aliphatic hydroxyl groups is 1. The number of carbonyl (C=O) groups is 1. The van der Waals surface area contributed by atoms with Crippen LogP contribution in [0.5, 0.6) is 5.75 Å². The highest BCUT2D eigenvalue weighted by atomic mass is 19.1. The van der Waals surface area contributed by atoms with Gasteiger partial charge in [-0.3, -0.25) is 0 Å². The highest BCUT2D eigenvalue weighted by Gasteiger charge is 2.24. The number of aryl methyl sites for hydroxylation is 1. The van der Waals surface area contributed by atoms with Gasteiger partial charge in [-0.1, -0.05) is 84.5 Å². The smallest absolute Gasteiger partial charge is 0.337 e. The van der Waals surface area contributed by atoms with Gasteiger partial charge >= 0.3 is 5.97 Å². The number of methoxy groups -OCH3 is 2. The lowest BCUT2D eigenvalue weighted by atomic mass is 9.80. The molecule has 0 saturated heterocycles. The number of esters is 1. The third-order valence-corrected chi connectivity index (χ3v) is 8.04. The van der Waals surface area contributed by atoms with Crippen molar-refractivity contribution in [1.82, 2.24) is 0 Å². The maximum atomic E-state index is 14.5. The number of benzene rings is 4. The zero-order valence-corrected chi connectivity index (χ0v) is 29.0. The molecule has 0 aliphatic heterocycles. The van der Waals surface area contributed by atoms with Crippen molar-refractivity contribution >= 4 is 17.1 Å². The van der Waals surface area contributed by atoms with E-state index in [4.69, 9.17) is 9.47 Å². The SMILES string of the molecule is C=C(c1cc(C(=O)OC)ccc1-c1cc(OC)ccc1F)C(C)(C)C.C=C(c1cc(CO)ccc1-c1cc(C)ccc1F)C(C)(C)C. The number of hydrogen-bond donors (Lipinski definition) is 1. The Morgan fingerprint density at radius 1 is 0.702 bits per heavy atom. The van der Waals surface area contributed by atoms with E-state index in [-0.39, 0.29) is 29.1 Å². The fraction of sp³-hybridized carbons (Fsp3) is 0.293. The van der Waals surface area contributed by atoms with Gasteiger partial charge in [-0.2, -0.15) is 0 Å². The monoisotopic (exact) mass is 640 g/mol. The van der Waals surface area contributed by atoms with E-state index in [9.17, 15) is 18.7 Å². The standard InChI is InChI=1S/C21H23FO3.C20H23FO/c1-13(21(2,3)4)17-11-14(20(23)25-6)7-9-16(17)18-12-15(24-5)8-10-19(18)22;1-13-6-9-19(21)18(10-13)16-8-7-15(12-22)11-17(16)14(2)20(3,4)5/h7-12H,1H2,2-6H3;6-11,22H,2,12H2,1,3-5H3. The maximum absolute atomic E-state index is 14.5. The van der Waals surface area contributed by atoms with Crippen molar-refractivity contribution in [2.75, 3.05) is 14.2 Å². The lowest BCUT2D eigenvalue weighted by molar-refractivity contribution is 0.0600. The molecule has 4 rings (SSSR count). The number of aliphatic hydroxyl groups excluding tert-OH is 1. The average Bonchev–Trinajstić information content (AvgIpc) is 3.04. The van der Waals surface area contributed by atoms with Crippen molar-refractivity contribution in [2.24, 2.45) is 10.8 Å². The molecule has 0 radical (unpaired) electrons. The van der Waals surface area contributed by atoms with Crippen LogP contribution in [0.2, 0.25) is 0 Å². The number of halogens is 2. The molecule has 0 heterocycles. The molecule has 0 aliphatic rings.